The van der Waals surface area contributed by atoms with Crippen LogP contribution in [0.4, 0.5) is 4.39 Å². The summed E-state index contributed by atoms with van der Waals surface area (Å²) in [7, 11) is 2.74. The highest BCUT2D eigenvalue weighted by molar-refractivity contribution is 8.13. The van der Waals surface area contributed by atoms with Gasteiger partial charge in [-0.05, 0) is 36.5 Å². The summed E-state index contributed by atoms with van der Waals surface area (Å²) in [6.07, 6.45) is 1.07. The molecule has 0 aromatic heterocycles. The maximum absolute atomic E-state index is 13.9. The zero-order chi connectivity index (χ0) is 15.1. The summed E-state index contributed by atoms with van der Waals surface area (Å²) in [4.78, 5) is 13.2. The second-order valence-corrected chi connectivity index (χ2v) is 7.80. The lowest BCUT2D eigenvalue weighted by atomic mass is 10.2. The summed E-state index contributed by atoms with van der Waals surface area (Å²) in [5.41, 5.74) is -0.148. The SMILES string of the molecule is CC1CC1CN(C)C(=O)c1ccc(S(=O)(=O)Cl)cc1F. The van der Waals surface area contributed by atoms with E-state index in [0.717, 1.165) is 24.6 Å². The minimum Gasteiger partial charge on any atom is -0.341 e. The van der Waals surface area contributed by atoms with Crippen LogP contribution in [0.5, 0.6) is 0 Å². The molecule has 4 nitrogen and oxygen atoms in total. The average molecular weight is 320 g/mol. The van der Waals surface area contributed by atoms with Crippen LogP contribution < -0.4 is 0 Å². The third-order valence-electron chi connectivity index (χ3n) is 3.58. The Kier molecular flexibility index (Phi) is 4.07. The number of nitrogens with zero attached hydrogens (tertiary/aromatic N) is 1. The highest BCUT2D eigenvalue weighted by atomic mass is 35.7. The van der Waals surface area contributed by atoms with E-state index in [1.165, 1.54) is 4.90 Å². The molecule has 0 heterocycles. The Morgan fingerprint density at radius 2 is 2.10 bits per heavy atom. The molecule has 7 heteroatoms. The largest absolute Gasteiger partial charge is 0.341 e. The summed E-state index contributed by atoms with van der Waals surface area (Å²) in [5, 5.41) is 0. The van der Waals surface area contributed by atoms with E-state index in [9.17, 15) is 17.6 Å². The molecule has 2 unspecified atom stereocenters. The number of carbonyl (C=O) groups excluding carboxylic acids is 1. The molecule has 0 aliphatic heterocycles. The third kappa shape index (κ3) is 3.30. The normalized spacial score (nSPS) is 21.6. The van der Waals surface area contributed by atoms with Crippen molar-refractivity contribution in [3.8, 4) is 0 Å². The Morgan fingerprint density at radius 3 is 2.55 bits per heavy atom. The van der Waals surface area contributed by atoms with Gasteiger partial charge in [-0.3, -0.25) is 4.79 Å². The van der Waals surface area contributed by atoms with Crippen molar-refractivity contribution in [1.82, 2.24) is 4.90 Å². The fraction of sp³-hybridized carbons (Fsp3) is 0.462. The molecule has 1 aliphatic carbocycles. The Morgan fingerprint density at radius 1 is 1.50 bits per heavy atom. The van der Waals surface area contributed by atoms with Crippen LogP contribution in [0.3, 0.4) is 0 Å². The highest BCUT2D eigenvalue weighted by Crippen LogP contribution is 2.38. The van der Waals surface area contributed by atoms with E-state index >= 15 is 0 Å². The van der Waals surface area contributed by atoms with Gasteiger partial charge in [0.15, 0.2) is 0 Å². The molecule has 20 heavy (non-hydrogen) atoms. The molecular weight excluding hydrogens is 305 g/mol. The first-order chi connectivity index (χ1) is 9.20. The maximum Gasteiger partial charge on any atom is 0.261 e. The van der Waals surface area contributed by atoms with Gasteiger partial charge in [-0.25, -0.2) is 12.8 Å². The fourth-order valence-corrected chi connectivity index (χ4v) is 2.88. The minimum atomic E-state index is -4.00. The predicted molar refractivity (Wildman–Crippen MR) is 73.7 cm³/mol. The number of rotatable bonds is 4. The number of benzene rings is 1. The smallest absolute Gasteiger partial charge is 0.261 e. The van der Waals surface area contributed by atoms with Crippen molar-refractivity contribution in [3.63, 3.8) is 0 Å². The summed E-state index contributed by atoms with van der Waals surface area (Å²) in [5.74, 6) is -0.277. The molecule has 1 aromatic carbocycles. The van der Waals surface area contributed by atoms with Crippen LogP contribution in [0, 0.1) is 17.7 Å². The van der Waals surface area contributed by atoms with Crippen LogP contribution >= 0.6 is 10.7 Å². The van der Waals surface area contributed by atoms with Crippen LogP contribution in [-0.4, -0.2) is 32.8 Å². The lowest BCUT2D eigenvalue weighted by Crippen LogP contribution is -2.29. The molecule has 0 radical (unpaired) electrons. The van der Waals surface area contributed by atoms with Gasteiger partial charge in [0.2, 0.25) is 0 Å². The Bertz CT molecular complexity index is 647. The molecule has 0 N–H and O–H groups in total. The van der Waals surface area contributed by atoms with Gasteiger partial charge in [-0.15, -0.1) is 0 Å². The van der Waals surface area contributed by atoms with E-state index in [1.807, 2.05) is 0 Å². The van der Waals surface area contributed by atoms with Gasteiger partial charge in [-0.1, -0.05) is 6.92 Å². The summed E-state index contributed by atoms with van der Waals surface area (Å²) in [6, 6.07) is 3.05. The van der Waals surface area contributed by atoms with Crippen LogP contribution in [0.1, 0.15) is 23.7 Å². The van der Waals surface area contributed by atoms with Crippen molar-refractivity contribution in [1.29, 1.82) is 0 Å². The maximum atomic E-state index is 13.9. The van der Waals surface area contributed by atoms with E-state index < -0.39 is 20.8 Å². The molecular formula is C13H15ClFNO3S. The summed E-state index contributed by atoms with van der Waals surface area (Å²) in [6.45, 7) is 2.68. The Labute approximate surface area is 121 Å². The molecule has 110 valence electrons. The first-order valence-corrected chi connectivity index (χ1v) is 8.50. The lowest BCUT2D eigenvalue weighted by Gasteiger charge is -2.17. The Hall–Kier alpha value is -1.14. The Balaban J connectivity index is 2.18. The van der Waals surface area contributed by atoms with Crippen molar-refractivity contribution >= 4 is 25.6 Å². The van der Waals surface area contributed by atoms with E-state index in [-0.39, 0.29) is 10.5 Å². The van der Waals surface area contributed by atoms with Crippen molar-refractivity contribution in [3.05, 3.63) is 29.6 Å². The molecule has 0 spiro atoms. The monoisotopic (exact) mass is 319 g/mol. The summed E-state index contributed by atoms with van der Waals surface area (Å²) >= 11 is 0. The van der Waals surface area contributed by atoms with Crippen LogP contribution in [0.15, 0.2) is 23.1 Å². The van der Waals surface area contributed by atoms with E-state index in [1.54, 1.807) is 7.05 Å². The third-order valence-corrected chi connectivity index (χ3v) is 4.94. The van der Waals surface area contributed by atoms with Gasteiger partial charge in [0.05, 0.1) is 10.5 Å². The summed E-state index contributed by atoms with van der Waals surface area (Å²) < 4.78 is 36.0. The van der Waals surface area contributed by atoms with Crippen molar-refractivity contribution in [2.45, 2.75) is 18.2 Å². The number of carbonyl (C=O) groups is 1. The van der Waals surface area contributed by atoms with Crippen molar-refractivity contribution in [2.24, 2.45) is 11.8 Å². The van der Waals surface area contributed by atoms with Crippen molar-refractivity contribution in [2.75, 3.05) is 13.6 Å². The van der Waals surface area contributed by atoms with Gasteiger partial charge in [-0.2, -0.15) is 0 Å². The van der Waals surface area contributed by atoms with Gasteiger partial charge < -0.3 is 4.90 Å². The molecule has 1 aromatic rings. The molecule has 1 saturated carbocycles. The van der Waals surface area contributed by atoms with E-state index in [2.05, 4.69) is 6.92 Å². The van der Waals surface area contributed by atoms with Gasteiger partial charge >= 0.3 is 0 Å². The zero-order valence-electron chi connectivity index (χ0n) is 11.1. The number of amides is 1. The fourth-order valence-electron chi connectivity index (χ4n) is 2.11. The minimum absolute atomic E-state index is 0.148. The molecule has 0 saturated heterocycles. The number of hydrogen-bond donors (Lipinski definition) is 0. The van der Waals surface area contributed by atoms with Gasteiger partial charge in [0.1, 0.15) is 5.82 Å². The lowest BCUT2D eigenvalue weighted by molar-refractivity contribution is 0.0782. The second kappa shape index (κ2) is 5.33. The first kappa shape index (κ1) is 15.3. The van der Waals surface area contributed by atoms with Crippen LogP contribution in [0.2, 0.25) is 0 Å². The van der Waals surface area contributed by atoms with Gasteiger partial charge in [0, 0.05) is 24.3 Å². The van der Waals surface area contributed by atoms with Crippen molar-refractivity contribution < 1.29 is 17.6 Å². The quantitative estimate of drug-likeness (QED) is 0.801. The topological polar surface area (TPSA) is 54.5 Å². The number of halogens is 2. The second-order valence-electron chi connectivity index (χ2n) is 5.24. The zero-order valence-corrected chi connectivity index (χ0v) is 12.7. The van der Waals surface area contributed by atoms with E-state index in [0.29, 0.717) is 18.4 Å². The molecule has 1 amide bonds. The van der Waals surface area contributed by atoms with Crippen LogP contribution in [-0.2, 0) is 9.05 Å². The highest BCUT2D eigenvalue weighted by Gasteiger charge is 2.34. The average Bonchev–Trinajstić information content (AvgIpc) is 3.02. The molecule has 1 fully saturated rings. The van der Waals surface area contributed by atoms with Gasteiger partial charge in [0.25, 0.3) is 15.0 Å². The molecule has 1 aliphatic rings. The molecule has 0 bridgehead atoms. The standard InChI is InChI=1S/C13H15ClFNO3S/c1-8-5-9(8)7-16(2)13(17)11-4-3-10(6-12(11)15)20(14,18)19/h3-4,6,8-9H,5,7H2,1-2H3. The molecule has 2 atom stereocenters. The predicted octanol–water partition coefficient (Wildman–Crippen LogP) is 2.48. The molecule has 2 rings (SSSR count). The number of hydrogen-bond acceptors (Lipinski definition) is 3. The van der Waals surface area contributed by atoms with Crippen LogP contribution in [0.25, 0.3) is 0 Å². The first-order valence-electron chi connectivity index (χ1n) is 6.20. The van der Waals surface area contributed by atoms with E-state index in [4.69, 9.17) is 10.7 Å².